The van der Waals surface area contributed by atoms with Gasteiger partial charge in [0.05, 0.1) is 10.6 Å². The second-order valence-corrected chi connectivity index (χ2v) is 8.96. The fourth-order valence-corrected chi connectivity index (χ4v) is 4.72. The van der Waals surface area contributed by atoms with Crippen LogP contribution in [-0.2, 0) is 16.4 Å². The Hall–Kier alpha value is -1.57. The van der Waals surface area contributed by atoms with Crippen molar-refractivity contribution in [2.75, 3.05) is 23.1 Å². The Kier molecular flexibility index (Phi) is 6.21. The maximum Gasteiger partial charge on any atom is 0.262 e. The van der Waals surface area contributed by atoms with E-state index in [4.69, 9.17) is 0 Å². The highest BCUT2D eigenvalue weighted by Gasteiger charge is 2.19. The average molecular weight is 438 g/mol. The lowest BCUT2D eigenvalue weighted by Gasteiger charge is -2.26. The Bertz CT molecular complexity index is 865. The number of halogens is 1. The number of piperidine rings is 1. The van der Waals surface area contributed by atoms with E-state index in [9.17, 15) is 8.42 Å². The fraction of sp³-hybridized carbons (Fsp3) is 0.368. The van der Waals surface area contributed by atoms with E-state index < -0.39 is 10.0 Å². The molecular formula is C19H24BrN3O2S. The van der Waals surface area contributed by atoms with Crippen LogP contribution in [0, 0.1) is 0 Å². The van der Waals surface area contributed by atoms with Crippen molar-refractivity contribution in [2.24, 2.45) is 0 Å². The van der Waals surface area contributed by atoms with Gasteiger partial charge in [-0.2, -0.15) is 0 Å². The number of hydrogen-bond acceptors (Lipinski definition) is 4. The maximum absolute atomic E-state index is 12.8. The number of hydrogen-bond donors (Lipinski definition) is 3. The van der Waals surface area contributed by atoms with Crippen molar-refractivity contribution in [3.8, 4) is 0 Å². The van der Waals surface area contributed by atoms with Crippen LogP contribution in [0.4, 0.5) is 11.4 Å². The zero-order chi connectivity index (χ0) is 18.6. The minimum absolute atomic E-state index is 0.266. The van der Waals surface area contributed by atoms with Crippen LogP contribution in [0.25, 0.3) is 0 Å². The molecule has 0 aromatic heterocycles. The molecule has 1 heterocycles. The summed E-state index contributed by atoms with van der Waals surface area (Å²) in [6.07, 6.45) is 2.93. The van der Waals surface area contributed by atoms with Crippen molar-refractivity contribution in [1.82, 2.24) is 5.32 Å². The second-order valence-electron chi connectivity index (χ2n) is 6.43. The van der Waals surface area contributed by atoms with Crippen LogP contribution >= 0.6 is 15.9 Å². The van der Waals surface area contributed by atoms with Gasteiger partial charge < -0.3 is 10.6 Å². The van der Waals surface area contributed by atoms with Crippen molar-refractivity contribution < 1.29 is 8.42 Å². The highest BCUT2D eigenvalue weighted by Crippen LogP contribution is 2.27. The SMILES string of the molecule is CCc1ccc(S(=O)(=O)Nc2ccccc2Br)cc1NC1CCNCC1. The molecule has 0 amide bonds. The lowest BCUT2D eigenvalue weighted by molar-refractivity contribution is 0.479. The van der Waals surface area contributed by atoms with Crippen molar-refractivity contribution in [3.63, 3.8) is 0 Å². The van der Waals surface area contributed by atoms with E-state index in [1.54, 1.807) is 24.3 Å². The topological polar surface area (TPSA) is 70.2 Å². The molecule has 0 aliphatic carbocycles. The monoisotopic (exact) mass is 437 g/mol. The maximum atomic E-state index is 12.8. The molecule has 26 heavy (non-hydrogen) atoms. The lowest BCUT2D eigenvalue weighted by Crippen LogP contribution is -2.35. The number of anilines is 2. The van der Waals surface area contributed by atoms with E-state index in [2.05, 4.69) is 38.2 Å². The molecule has 5 nitrogen and oxygen atoms in total. The predicted molar refractivity (Wildman–Crippen MR) is 110 cm³/mol. The third-order valence-corrected chi connectivity index (χ3v) is 6.64. The molecular weight excluding hydrogens is 414 g/mol. The molecule has 0 unspecified atom stereocenters. The Morgan fingerprint density at radius 2 is 1.85 bits per heavy atom. The highest BCUT2D eigenvalue weighted by atomic mass is 79.9. The summed E-state index contributed by atoms with van der Waals surface area (Å²) in [5, 5.41) is 6.89. The lowest BCUT2D eigenvalue weighted by atomic mass is 10.0. The van der Waals surface area contributed by atoms with Gasteiger partial charge in [-0.1, -0.05) is 25.1 Å². The first kappa shape index (κ1) is 19.2. The Morgan fingerprint density at radius 1 is 1.12 bits per heavy atom. The first-order valence-electron chi connectivity index (χ1n) is 8.87. The van der Waals surface area contributed by atoms with Crippen LogP contribution in [0.1, 0.15) is 25.3 Å². The fourth-order valence-electron chi connectivity index (χ4n) is 3.10. The Balaban J connectivity index is 1.87. The van der Waals surface area contributed by atoms with Gasteiger partial charge in [0.25, 0.3) is 10.0 Å². The molecule has 0 spiro atoms. The van der Waals surface area contributed by atoms with Gasteiger partial charge >= 0.3 is 0 Å². The first-order valence-corrected chi connectivity index (χ1v) is 11.1. The summed E-state index contributed by atoms with van der Waals surface area (Å²) in [6.45, 7) is 4.05. The molecule has 0 bridgehead atoms. The molecule has 7 heteroatoms. The van der Waals surface area contributed by atoms with Crippen LogP contribution in [0.5, 0.6) is 0 Å². The molecule has 3 N–H and O–H groups in total. The largest absolute Gasteiger partial charge is 0.382 e. The van der Waals surface area contributed by atoms with Gasteiger partial charge in [-0.3, -0.25) is 4.72 Å². The van der Waals surface area contributed by atoms with Gasteiger partial charge in [-0.05, 0) is 78.1 Å². The predicted octanol–water partition coefficient (Wildman–Crippen LogP) is 3.98. The number of para-hydroxylation sites is 1. The smallest absolute Gasteiger partial charge is 0.262 e. The molecule has 0 radical (unpaired) electrons. The van der Waals surface area contributed by atoms with E-state index in [0.717, 1.165) is 43.6 Å². The summed E-state index contributed by atoms with van der Waals surface area (Å²) in [6, 6.07) is 12.9. The zero-order valence-corrected chi connectivity index (χ0v) is 17.2. The molecule has 1 aliphatic heterocycles. The van der Waals surface area contributed by atoms with Gasteiger partial charge in [-0.25, -0.2) is 8.42 Å². The molecule has 1 aliphatic rings. The van der Waals surface area contributed by atoms with Crippen LogP contribution in [-0.4, -0.2) is 27.5 Å². The third-order valence-electron chi connectivity index (χ3n) is 4.59. The van der Waals surface area contributed by atoms with Gasteiger partial charge in [0.1, 0.15) is 0 Å². The van der Waals surface area contributed by atoms with Crippen molar-refractivity contribution in [3.05, 3.63) is 52.5 Å². The minimum atomic E-state index is -3.66. The summed E-state index contributed by atoms with van der Waals surface area (Å²) >= 11 is 3.38. The average Bonchev–Trinajstić information content (AvgIpc) is 2.64. The molecule has 140 valence electrons. The van der Waals surface area contributed by atoms with Crippen molar-refractivity contribution >= 4 is 37.3 Å². The van der Waals surface area contributed by atoms with E-state index in [1.165, 1.54) is 0 Å². The molecule has 2 aromatic carbocycles. The van der Waals surface area contributed by atoms with Crippen LogP contribution in [0.3, 0.4) is 0 Å². The molecule has 1 fully saturated rings. The number of sulfonamides is 1. The van der Waals surface area contributed by atoms with Gasteiger partial charge in [-0.15, -0.1) is 0 Å². The molecule has 2 aromatic rings. The normalized spacial score (nSPS) is 15.6. The number of rotatable bonds is 6. The molecule has 3 rings (SSSR count). The van der Waals surface area contributed by atoms with Gasteiger partial charge in [0.15, 0.2) is 0 Å². The van der Waals surface area contributed by atoms with Gasteiger partial charge in [0.2, 0.25) is 0 Å². The second kappa shape index (κ2) is 8.41. The van der Waals surface area contributed by atoms with E-state index >= 15 is 0 Å². The number of aryl methyl sites for hydroxylation is 1. The summed E-state index contributed by atoms with van der Waals surface area (Å²) in [4.78, 5) is 0.266. The third kappa shape index (κ3) is 4.58. The summed E-state index contributed by atoms with van der Waals surface area (Å²) < 4.78 is 29.0. The summed E-state index contributed by atoms with van der Waals surface area (Å²) in [5.41, 5.74) is 2.57. The number of benzene rings is 2. The quantitative estimate of drug-likeness (QED) is 0.638. The first-order chi connectivity index (χ1) is 12.5. The molecule has 0 saturated carbocycles. The summed E-state index contributed by atoms with van der Waals surface area (Å²) in [5.74, 6) is 0. The summed E-state index contributed by atoms with van der Waals surface area (Å²) in [7, 11) is -3.66. The number of nitrogens with one attached hydrogen (secondary N) is 3. The van der Waals surface area contributed by atoms with Crippen molar-refractivity contribution in [2.45, 2.75) is 37.1 Å². The molecule has 1 saturated heterocycles. The highest BCUT2D eigenvalue weighted by molar-refractivity contribution is 9.10. The van der Waals surface area contributed by atoms with Crippen LogP contribution < -0.4 is 15.4 Å². The van der Waals surface area contributed by atoms with E-state index in [0.29, 0.717) is 16.2 Å². The van der Waals surface area contributed by atoms with E-state index in [1.807, 2.05) is 18.2 Å². The van der Waals surface area contributed by atoms with Gasteiger partial charge in [0, 0.05) is 16.2 Å². The standard InChI is InChI=1S/C19H24BrN3O2S/c1-2-14-7-8-16(13-19(14)22-15-9-11-21-12-10-15)26(24,25)23-18-6-4-3-5-17(18)20/h3-8,13,15,21-23H,2,9-12H2,1H3. The minimum Gasteiger partial charge on any atom is -0.382 e. The Labute approximate surface area is 163 Å². The zero-order valence-electron chi connectivity index (χ0n) is 14.8. The van der Waals surface area contributed by atoms with E-state index in [-0.39, 0.29) is 4.90 Å². The van der Waals surface area contributed by atoms with Crippen LogP contribution in [0.15, 0.2) is 51.8 Å². The van der Waals surface area contributed by atoms with Crippen molar-refractivity contribution in [1.29, 1.82) is 0 Å². The van der Waals surface area contributed by atoms with Crippen LogP contribution in [0.2, 0.25) is 0 Å². The Morgan fingerprint density at radius 3 is 2.54 bits per heavy atom. The molecule has 0 atom stereocenters.